The summed E-state index contributed by atoms with van der Waals surface area (Å²) in [5.41, 5.74) is 1.81. The molecule has 0 radical (unpaired) electrons. The zero-order valence-electron chi connectivity index (χ0n) is 13.9. The average molecular weight is 344 g/mol. The van der Waals surface area contributed by atoms with Gasteiger partial charge in [0, 0.05) is 24.9 Å². The zero-order chi connectivity index (χ0) is 17.6. The number of rotatable bonds is 7. The molecule has 0 aliphatic carbocycles. The van der Waals surface area contributed by atoms with Crippen molar-refractivity contribution in [2.75, 3.05) is 20.3 Å². The number of amides is 2. The number of carbonyl (C=O) groups is 2. The SMILES string of the molecule is COc1cccc(CN2C(=O)OC[C@H]2C(=O)NCCc2cnc[nH]2)c1. The van der Waals surface area contributed by atoms with Gasteiger partial charge in [-0.2, -0.15) is 0 Å². The minimum absolute atomic E-state index is 0.0543. The highest BCUT2D eigenvalue weighted by molar-refractivity contribution is 5.87. The topological polar surface area (TPSA) is 96.5 Å². The maximum atomic E-state index is 12.4. The fraction of sp³-hybridized carbons (Fsp3) is 0.353. The van der Waals surface area contributed by atoms with Crippen LogP contribution in [0.1, 0.15) is 11.3 Å². The molecule has 0 saturated carbocycles. The van der Waals surface area contributed by atoms with Gasteiger partial charge in [0.15, 0.2) is 0 Å². The maximum Gasteiger partial charge on any atom is 0.410 e. The maximum absolute atomic E-state index is 12.4. The number of H-pyrrole nitrogens is 1. The molecular formula is C17H20N4O4. The smallest absolute Gasteiger partial charge is 0.410 e. The summed E-state index contributed by atoms with van der Waals surface area (Å²) in [6, 6.07) is 6.74. The Morgan fingerprint density at radius 1 is 1.52 bits per heavy atom. The van der Waals surface area contributed by atoms with Gasteiger partial charge in [-0.1, -0.05) is 12.1 Å². The largest absolute Gasteiger partial charge is 0.497 e. The van der Waals surface area contributed by atoms with Gasteiger partial charge in [-0.05, 0) is 17.7 Å². The molecule has 25 heavy (non-hydrogen) atoms. The second-order valence-electron chi connectivity index (χ2n) is 5.69. The second-order valence-corrected chi connectivity index (χ2v) is 5.69. The standard InChI is InChI=1S/C17H20N4O4/c1-24-14-4-2-3-12(7-14)9-21-15(10-25-17(21)23)16(22)19-6-5-13-8-18-11-20-13/h2-4,7-8,11,15H,5-6,9-10H2,1H3,(H,18,20)(H,19,22)/t15-/m0/s1. The first-order chi connectivity index (χ1) is 12.2. The van der Waals surface area contributed by atoms with Crippen LogP contribution >= 0.6 is 0 Å². The molecule has 1 saturated heterocycles. The first-order valence-corrected chi connectivity index (χ1v) is 7.98. The van der Waals surface area contributed by atoms with Crippen molar-refractivity contribution in [3.63, 3.8) is 0 Å². The number of ether oxygens (including phenoxy) is 2. The van der Waals surface area contributed by atoms with Crippen LogP contribution in [0.4, 0.5) is 4.79 Å². The van der Waals surface area contributed by atoms with Crippen molar-refractivity contribution in [1.82, 2.24) is 20.2 Å². The van der Waals surface area contributed by atoms with Crippen LogP contribution in [-0.4, -0.2) is 53.2 Å². The van der Waals surface area contributed by atoms with E-state index in [1.807, 2.05) is 24.3 Å². The number of hydrogen-bond acceptors (Lipinski definition) is 5. The summed E-state index contributed by atoms with van der Waals surface area (Å²) in [6.45, 7) is 0.798. The van der Waals surface area contributed by atoms with Gasteiger partial charge in [-0.15, -0.1) is 0 Å². The van der Waals surface area contributed by atoms with Gasteiger partial charge >= 0.3 is 6.09 Å². The van der Waals surface area contributed by atoms with E-state index in [0.717, 1.165) is 11.3 Å². The Kier molecular flexibility index (Phi) is 5.17. The highest BCUT2D eigenvalue weighted by Crippen LogP contribution is 2.19. The lowest BCUT2D eigenvalue weighted by Crippen LogP contribution is -2.45. The van der Waals surface area contributed by atoms with E-state index in [1.165, 1.54) is 4.90 Å². The van der Waals surface area contributed by atoms with E-state index < -0.39 is 12.1 Å². The molecule has 1 atom stereocenters. The molecule has 8 heteroatoms. The number of imidazole rings is 1. The molecule has 2 N–H and O–H groups in total. The molecule has 132 valence electrons. The summed E-state index contributed by atoms with van der Waals surface area (Å²) < 4.78 is 10.2. The highest BCUT2D eigenvalue weighted by Gasteiger charge is 2.37. The predicted octanol–water partition coefficient (Wildman–Crippen LogP) is 1.10. The monoisotopic (exact) mass is 344 g/mol. The molecule has 1 aliphatic rings. The molecule has 0 unspecified atom stereocenters. The summed E-state index contributed by atoms with van der Waals surface area (Å²) in [5.74, 6) is 0.471. The molecule has 3 rings (SSSR count). The lowest BCUT2D eigenvalue weighted by molar-refractivity contribution is -0.124. The van der Waals surface area contributed by atoms with E-state index in [-0.39, 0.29) is 19.1 Å². The fourth-order valence-corrected chi connectivity index (χ4v) is 2.67. The molecule has 0 bridgehead atoms. The first kappa shape index (κ1) is 16.8. The van der Waals surface area contributed by atoms with Crippen LogP contribution in [0.2, 0.25) is 0 Å². The van der Waals surface area contributed by atoms with Crippen molar-refractivity contribution in [1.29, 1.82) is 0 Å². The number of nitrogens with zero attached hydrogens (tertiary/aromatic N) is 2. The third-order valence-corrected chi connectivity index (χ3v) is 4.01. The van der Waals surface area contributed by atoms with Crippen molar-refractivity contribution in [2.24, 2.45) is 0 Å². The molecular weight excluding hydrogens is 324 g/mol. The molecule has 1 aromatic carbocycles. The zero-order valence-corrected chi connectivity index (χ0v) is 13.9. The number of hydrogen-bond donors (Lipinski definition) is 2. The van der Waals surface area contributed by atoms with Gasteiger partial charge in [-0.25, -0.2) is 9.78 Å². The number of aromatic nitrogens is 2. The highest BCUT2D eigenvalue weighted by atomic mass is 16.6. The molecule has 1 aliphatic heterocycles. The summed E-state index contributed by atoms with van der Waals surface area (Å²) in [7, 11) is 1.58. The number of benzene rings is 1. The van der Waals surface area contributed by atoms with Crippen LogP contribution in [-0.2, 0) is 22.5 Å². The summed E-state index contributed by atoms with van der Waals surface area (Å²) >= 11 is 0. The van der Waals surface area contributed by atoms with Crippen molar-refractivity contribution >= 4 is 12.0 Å². The Balaban J connectivity index is 1.59. The second kappa shape index (κ2) is 7.69. The Labute approximate surface area is 145 Å². The summed E-state index contributed by atoms with van der Waals surface area (Å²) in [6.07, 6.45) is 3.46. The van der Waals surface area contributed by atoms with Crippen LogP contribution in [0.3, 0.4) is 0 Å². The quantitative estimate of drug-likeness (QED) is 0.784. The van der Waals surface area contributed by atoms with Gasteiger partial charge in [0.1, 0.15) is 18.4 Å². The van der Waals surface area contributed by atoms with Gasteiger partial charge in [0.2, 0.25) is 5.91 Å². The Bertz CT molecular complexity index is 732. The molecule has 2 heterocycles. The first-order valence-electron chi connectivity index (χ1n) is 7.98. The van der Waals surface area contributed by atoms with Crippen LogP contribution in [0.25, 0.3) is 0 Å². The molecule has 2 aromatic rings. The molecule has 1 fully saturated rings. The molecule has 0 spiro atoms. The molecule has 2 amide bonds. The van der Waals surface area contributed by atoms with Crippen LogP contribution in [0, 0.1) is 0 Å². The third-order valence-electron chi connectivity index (χ3n) is 4.01. The average Bonchev–Trinajstić information content (AvgIpc) is 3.26. The molecule has 8 nitrogen and oxygen atoms in total. The van der Waals surface area contributed by atoms with Gasteiger partial charge in [0.25, 0.3) is 0 Å². The predicted molar refractivity (Wildman–Crippen MR) is 89.0 cm³/mol. The van der Waals surface area contributed by atoms with E-state index in [1.54, 1.807) is 19.6 Å². The van der Waals surface area contributed by atoms with E-state index in [2.05, 4.69) is 15.3 Å². The minimum atomic E-state index is -0.638. The van der Waals surface area contributed by atoms with Crippen LogP contribution in [0.15, 0.2) is 36.8 Å². The Hall–Kier alpha value is -3.03. The van der Waals surface area contributed by atoms with Gasteiger partial charge < -0.3 is 19.8 Å². The number of methoxy groups -OCH3 is 1. The van der Waals surface area contributed by atoms with E-state index in [0.29, 0.717) is 18.7 Å². The van der Waals surface area contributed by atoms with Crippen molar-refractivity contribution < 1.29 is 19.1 Å². The van der Waals surface area contributed by atoms with Gasteiger partial charge in [-0.3, -0.25) is 9.69 Å². The lowest BCUT2D eigenvalue weighted by atomic mass is 10.1. The lowest BCUT2D eigenvalue weighted by Gasteiger charge is -2.21. The summed E-state index contributed by atoms with van der Waals surface area (Å²) in [5, 5.41) is 2.84. The van der Waals surface area contributed by atoms with Crippen molar-refractivity contribution in [3.8, 4) is 5.75 Å². The number of carbonyl (C=O) groups excluding carboxylic acids is 2. The van der Waals surface area contributed by atoms with Crippen molar-refractivity contribution in [3.05, 3.63) is 48.0 Å². The Morgan fingerprint density at radius 3 is 3.16 bits per heavy atom. The normalized spacial score (nSPS) is 16.6. The summed E-state index contributed by atoms with van der Waals surface area (Å²) in [4.78, 5) is 32.7. The van der Waals surface area contributed by atoms with Gasteiger partial charge in [0.05, 0.1) is 20.0 Å². The number of aromatic amines is 1. The number of nitrogens with one attached hydrogen (secondary N) is 2. The van der Waals surface area contributed by atoms with E-state index in [9.17, 15) is 9.59 Å². The van der Waals surface area contributed by atoms with E-state index >= 15 is 0 Å². The minimum Gasteiger partial charge on any atom is -0.497 e. The van der Waals surface area contributed by atoms with Crippen LogP contribution in [0.5, 0.6) is 5.75 Å². The fourth-order valence-electron chi connectivity index (χ4n) is 2.67. The third kappa shape index (κ3) is 4.09. The molecule has 1 aromatic heterocycles. The van der Waals surface area contributed by atoms with Crippen LogP contribution < -0.4 is 10.1 Å². The van der Waals surface area contributed by atoms with Crippen molar-refractivity contribution in [2.45, 2.75) is 19.0 Å². The Morgan fingerprint density at radius 2 is 2.40 bits per heavy atom. The number of cyclic esters (lactones) is 1. The van der Waals surface area contributed by atoms with E-state index in [4.69, 9.17) is 9.47 Å².